The van der Waals surface area contributed by atoms with Crippen molar-refractivity contribution in [2.75, 3.05) is 24.7 Å². The normalized spacial score (nSPS) is 11.0. The zero-order valence-corrected chi connectivity index (χ0v) is 22.7. The van der Waals surface area contributed by atoms with Gasteiger partial charge in [0.25, 0.3) is 0 Å². The first-order valence-electron chi connectivity index (χ1n) is 14.7. The molecule has 0 aliphatic rings. The minimum Gasteiger partial charge on any atom is -0.494 e. The van der Waals surface area contributed by atoms with E-state index >= 15 is 0 Å². The van der Waals surface area contributed by atoms with Gasteiger partial charge >= 0.3 is 0 Å². The zero-order chi connectivity index (χ0) is 25.5. The van der Waals surface area contributed by atoms with E-state index in [1.54, 1.807) is 0 Å². The van der Waals surface area contributed by atoms with Crippen molar-refractivity contribution < 1.29 is 9.47 Å². The van der Waals surface area contributed by atoms with Gasteiger partial charge in [-0.05, 0) is 61.4 Å². The third kappa shape index (κ3) is 16.3. The van der Waals surface area contributed by atoms with Gasteiger partial charge in [0.2, 0.25) is 0 Å². The molecule has 0 amide bonds. The number of ether oxygens (including phenoxy) is 2. The van der Waals surface area contributed by atoms with Gasteiger partial charge in [0.05, 0.1) is 13.2 Å². The van der Waals surface area contributed by atoms with E-state index in [4.69, 9.17) is 20.9 Å². The number of nitrogen functional groups attached to an aromatic ring is 2. The Morgan fingerprint density at radius 3 is 0.806 bits per heavy atom. The van der Waals surface area contributed by atoms with Gasteiger partial charge in [-0.1, -0.05) is 103 Å². The highest BCUT2D eigenvalue weighted by atomic mass is 16.5. The molecule has 0 aliphatic heterocycles. The first kappa shape index (κ1) is 29.9. The largest absolute Gasteiger partial charge is 0.494 e. The molecule has 0 saturated carbocycles. The van der Waals surface area contributed by atoms with Crippen LogP contribution in [-0.2, 0) is 0 Å². The average Bonchev–Trinajstić information content (AvgIpc) is 2.89. The molecule has 0 aliphatic carbocycles. The molecule has 0 unspecified atom stereocenters. The molecule has 4 heteroatoms. The van der Waals surface area contributed by atoms with Gasteiger partial charge in [-0.25, -0.2) is 0 Å². The fourth-order valence-corrected chi connectivity index (χ4v) is 4.54. The van der Waals surface area contributed by atoms with Gasteiger partial charge in [-0.3, -0.25) is 0 Å². The Morgan fingerprint density at radius 2 is 0.556 bits per heavy atom. The van der Waals surface area contributed by atoms with Gasteiger partial charge in [-0.2, -0.15) is 0 Å². The van der Waals surface area contributed by atoms with Crippen LogP contribution in [0, 0.1) is 0 Å². The first-order chi connectivity index (χ1) is 17.7. The molecule has 2 rings (SSSR count). The van der Waals surface area contributed by atoms with Crippen LogP contribution in [0.5, 0.6) is 11.5 Å². The number of hydrogen-bond acceptors (Lipinski definition) is 4. The molecule has 36 heavy (non-hydrogen) atoms. The molecule has 0 spiro atoms. The molecule has 2 aromatic rings. The molecule has 4 N–H and O–H groups in total. The summed E-state index contributed by atoms with van der Waals surface area (Å²) in [6.07, 6.45) is 24.4. The maximum atomic E-state index is 5.75. The van der Waals surface area contributed by atoms with Gasteiger partial charge in [0.15, 0.2) is 0 Å². The van der Waals surface area contributed by atoms with E-state index in [9.17, 15) is 0 Å². The van der Waals surface area contributed by atoms with Crippen molar-refractivity contribution in [3.63, 3.8) is 0 Å². The lowest BCUT2D eigenvalue weighted by atomic mass is 10.0. The minimum absolute atomic E-state index is 0.786. The van der Waals surface area contributed by atoms with Crippen LogP contribution in [0.25, 0.3) is 0 Å². The maximum Gasteiger partial charge on any atom is 0.119 e. The third-order valence-corrected chi connectivity index (χ3v) is 6.84. The van der Waals surface area contributed by atoms with E-state index in [1.807, 2.05) is 48.5 Å². The number of anilines is 2. The third-order valence-electron chi connectivity index (χ3n) is 6.84. The number of unbranched alkanes of at least 4 members (excludes halogenated alkanes) is 17. The Balaban J connectivity index is 1.21. The summed E-state index contributed by atoms with van der Waals surface area (Å²) < 4.78 is 11.5. The summed E-state index contributed by atoms with van der Waals surface area (Å²) in [5.41, 5.74) is 13.0. The molecule has 0 bridgehead atoms. The van der Waals surface area contributed by atoms with E-state index < -0.39 is 0 Å². The Labute approximate surface area is 221 Å². The van der Waals surface area contributed by atoms with Gasteiger partial charge in [0, 0.05) is 11.4 Å². The molecular formula is C32H52N2O2. The standard InChI is InChI=1S/C32H52N2O2/c33-29-19-23-31(24-20-29)35-27-17-15-13-11-9-7-5-3-1-2-4-6-8-10-12-14-16-18-28-36-32-25-21-30(34)22-26-32/h19-26H,1-18,27-28,33-34H2. The van der Waals surface area contributed by atoms with Crippen LogP contribution < -0.4 is 20.9 Å². The first-order valence-corrected chi connectivity index (χ1v) is 14.7. The summed E-state index contributed by atoms with van der Waals surface area (Å²) >= 11 is 0. The lowest BCUT2D eigenvalue weighted by molar-refractivity contribution is 0.304. The van der Waals surface area contributed by atoms with Crippen molar-refractivity contribution in [1.29, 1.82) is 0 Å². The SMILES string of the molecule is Nc1ccc(OCCCCCCCCCCCCCCCCCCCCOc2ccc(N)cc2)cc1. The predicted molar refractivity (Wildman–Crippen MR) is 156 cm³/mol. The van der Waals surface area contributed by atoms with Crippen LogP contribution in [0.1, 0.15) is 116 Å². The Morgan fingerprint density at radius 1 is 0.333 bits per heavy atom. The summed E-state index contributed by atoms with van der Waals surface area (Å²) in [5.74, 6) is 1.85. The molecule has 202 valence electrons. The van der Waals surface area contributed by atoms with Crippen LogP contribution in [0.15, 0.2) is 48.5 Å². The summed E-state index contributed by atoms with van der Waals surface area (Å²) in [6, 6.07) is 15.3. The Hall–Kier alpha value is -2.36. The second kappa shape index (κ2) is 20.8. The van der Waals surface area contributed by atoms with E-state index in [2.05, 4.69) is 0 Å². The van der Waals surface area contributed by atoms with Crippen molar-refractivity contribution >= 4 is 11.4 Å². The molecule has 2 aromatic carbocycles. The highest BCUT2D eigenvalue weighted by molar-refractivity contribution is 5.42. The molecule has 0 atom stereocenters. The van der Waals surface area contributed by atoms with Gasteiger partial charge in [0.1, 0.15) is 11.5 Å². The summed E-state index contributed by atoms with van der Waals surface area (Å²) in [4.78, 5) is 0. The van der Waals surface area contributed by atoms with Crippen LogP contribution in [0.2, 0.25) is 0 Å². The van der Waals surface area contributed by atoms with E-state index in [0.717, 1.165) is 48.9 Å². The second-order valence-electron chi connectivity index (χ2n) is 10.2. The maximum absolute atomic E-state index is 5.75. The second-order valence-corrected chi connectivity index (χ2v) is 10.2. The highest BCUT2D eigenvalue weighted by Crippen LogP contribution is 2.17. The minimum atomic E-state index is 0.786. The van der Waals surface area contributed by atoms with Crippen molar-refractivity contribution in [3.05, 3.63) is 48.5 Å². The monoisotopic (exact) mass is 496 g/mol. The molecule has 0 saturated heterocycles. The van der Waals surface area contributed by atoms with Crippen LogP contribution in [0.4, 0.5) is 11.4 Å². The molecule has 0 heterocycles. The Bertz CT molecular complexity index is 680. The van der Waals surface area contributed by atoms with Crippen molar-refractivity contribution in [3.8, 4) is 11.5 Å². The van der Waals surface area contributed by atoms with Crippen LogP contribution in [-0.4, -0.2) is 13.2 Å². The van der Waals surface area contributed by atoms with Crippen LogP contribution >= 0.6 is 0 Å². The van der Waals surface area contributed by atoms with E-state index in [1.165, 1.54) is 103 Å². The van der Waals surface area contributed by atoms with Gasteiger partial charge < -0.3 is 20.9 Å². The van der Waals surface area contributed by atoms with E-state index in [0.29, 0.717) is 0 Å². The molecule has 0 aromatic heterocycles. The quantitative estimate of drug-likeness (QED) is 0.119. The summed E-state index contributed by atoms with van der Waals surface area (Å²) in [7, 11) is 0. The number of benzene rings is 2. The Kier molecular flexibility index (Phi) is 17.3. The number of hydrogen-bond donors (Lipinski definition) is 2. The summed E-state index contributed by atoms with van der Waals surface area (Å²) in [6.45, 7) is 1.62. The highest BCUT2D eigenvalue weighted by Gasteiger charge is 1.98. The van der Waals surface area contributed by atoms with Gasteiger partial charge in [-0.15, -0.1) is 0 Å². The van der Waals surface area contributed by atoms with E-state index in [-0.39, 0.29) is 0 Å². The van der Waals surface area contributed by atoms with Crippen molar-refractivity contribution in [2.24, 2.45) is 0 Å². The smallest absolute Gasteiger partial charge is 0.119 e. The fourth-order valence-electron chi connectivity index (χ4n) is 4.54. The van der Waals surface area contributed by atoms with Crippen LogP contribution in [0.3, 0.4) is 0 Å². The predicted octanol–water partition coefficient (Wildman–Crippen LogP) is 9.33. The lowest BCUT2D eigenvalue weighted by Gasteiger charge is -2.07. The topological polar surface area (TPSA) is 70.5 Å². The molecule has 0 radical (unpaired) electrons. The zero-order valence-electron chi connectivity index (χ0n) is 22.7. The van der Waals surface area contributed by atoms with Crippen molar-refractivity contribution in [1.82, 2.24) is 0 Å². The molecular weight excluding hydrogens is 444 g/mol. The average molecular weight is 497 g/mol. The van der Waals surface area contributed by atoms with Crippen molar-refractivity contribution in [2.45, 2.75) is 116 Å². The summed E-state index contributed by atoms with van der Waals surface area (Å²) in [5, 5.41) is 0. The number of nitrogens with two attached hydrogens (primary N) is 2. The lowest BCUT2D eigenvalue weighted by Crippen LogP contribution is -1.97. The molecule has 4 nitrogen and oxygen atoms in total. The molecule has 0 fully saturated rings. The fraction of sp³-hybridized carbons (Fsp3) is 0.625. The number of rotatable bonds is 23.